The van der Waals surface area contributed by atoms with Gasteiger partial charge in [-0.05, 0) is 32.3 Å². The first kappa shape index (κ1) is 14.5. The Morgan fingerprint density at radius 3 is 2.55 bits per heavy atom. The summed E-state index contributed by atoms with van der Waals surface area (Å²) in [4.78, 5) is 8.94. The quantitative estimate of drug-likeness (QED) is 0.644. The number of nitrogens with two attached hydrogens (primary N) is 1. The summed E-state index contributed by atoms with van der Waals surface area (Å²) < 4.78 is 1.87. The van der Waals surface area contributed by atoms with E-state index < -0.39 is 0 Å². The van der Waals surface area contributed by atoms with Crippen LogP contribution in [0.25, 0.3) is 5.82 Å². The zero-order chi connectivity index (χ0) is 14.7. The van der Waals surface area contributed by atoms with Crippen LogP contribution in [0.1, 0.15) is 43.0 Å². The van der Waals surface area contributed by atoms with Crippen molar-refractivity contribution in [2.75, 3.05) is 5.43 Å². The van der Waals surface area contributed by atoms with Crippen LogP contribution in [0, 0.1) is 13.8 Å². The summed E-state index contributed by atoms with van der Waals surface area (Å²) in [6.45, 7) is 8.33. The van der Waals surface area contributed by atoms with E-state index in [-0.39, 0.29) is 0 Å². The lowest BCUT2D eigenvalue weighted by atomic mass is 10.1. The molecule has 3 N–H and O–H groups in total. The highest BCUT2D eigenvalue weighted by Gasteiger charge is 2.13. The van der Waals surface area contributed by atoms with Gasteiger partial charge in [-0.2, -0.15) is 5.10 Å². The van der Waals surface area contributed by atoms with Crippen LogP contribution in [0.3, 0.4) is 0 Å². The van der Waals surface area contributed by atoms with Gasteiger partial charge in [-0.3, -0.25) is 0 Å². The van der Waals surface area contributed by atoms with Crippen molar-refractivity contribution in [2.45, 2.75) is 47.0 Å². The number of hydrogen-bond acceptors (Lipinski definition) is 5. The molecule has 2 rings (SSSR count). The summed E-state index contributed by atoms with van der Waals surface area (Å²) in [6.07, 6.45) is 2.78. The van der Waals surface area contributed by atoms with E-state index in [0.29, 0.717) is 5.82 Å². The predicted molar refractivity (Wildman–Crippen MR) is 79.8 cm³/mol. The Morgan fingerprint density at radius 1 is 1.25 bits per heavy atom. The molecule has 0 saturated heterocycles. The van der Waals surface area contributed by atoms with Gasteiger partial charge in [0.1, 0.15) is 11.6 Å². The van der Waals surface area contributed by atoms with Crippen molar-refractivity contribution in [3.8, 4) is 5.82 Å². The molecule has 0 fully saturated rings. The Balaban J connectivity index is 2.54. The maximum absolute atomic E-state index is 5.49. The Labute approximate surface area is 119 Å². The number of nitrogens with zero attached hydrogens (tertiary/aromatic N) is 4. The highest BCUT2D eigenvalue weighted by molar-refractivity contribution is 5.42. The smallest absolute Gasteiger partial charge is 0.159 e. The van der Waals surface area contributed by atoms with Gasteiger partial charge in [0.2, 0.25) is 0 Å². The summed E-state index contributed by atoms with van der Waals surface area (Å²) in [6, 6.07) is 1.82. The van der Waals surface area contributed by atoms with Gasteiger partial charge in [-0.15, -0.1) is 0 Å². The molecule has 0 unspecified atom stereocenters. The molecular formula is C14H22N6. The van der Waals surface area contributed by atoms with E-state index in [1.165, 1.54) is 5.56 Å². The van der Waals surface area contributed by atoms with Gasteiger partial charge in [-0.1, -0.05) is 13.8 Å². The molecule has 0 spiro atoms. The van der Waals surface area contributed by atoms with E-state index in [1.807, 2.05) is 17.7 Å². The molecule has 0 atom stereocenters. The van der Waals surface area contributed by atoms with Gasteiger partial charge in [0.05, 0.1) is 5.69 Å². The normalized spacial score (nSPS) is 10.8. The largest absolute Gasteiger partial charge is 0.308 e. The molecule has 0 aliphatic rings. The molecule has 0 bridgehead atoms. The van der Waals surface area contributed by atoms with Gasteiger partial charge in [0.15, 0.2) is 5.82 Å². The van der Waals surface area contributed by atoms with E-state index in [9.17, 15) is 0 Å². The first-order chi connectivity index (χ1) is 9.60. The van der Waals surface area contributed by atoms with Gasteiger partial charge < -0.3 is 5.43 Å². The van der Waals surface area contributed by atoms with Crippen molar-refractivity contribution in [1.29, 1.82) is 0 Å². The topological polar surface area (TPSA) is 81.6 Å². The molecule has 108 valence electrons. The summed E-state index contributed by atoms with van der Waals surface area (Å²) >= 11 is 0. The van der Waals surface area contributed by atoms with Crippen molar-refractivity contribution < 1.29 is 0 Å². The minimum absolute atomic E-state index is 0.615. The van der Waals surface area contributed by atoms with Crippen LogP contribution >= 0.6 is 0 Å². The van der Waals surface area contributed by atoms with Crippen LogP contribution in [0.5, 0.6) is 0 Å². The number of hydrazine groups is 1. The Bertz CT molecular complexity index is 602. The SMILES string of the molecule is CCCc1nc(NN)cc(-n2nc(C)c(CC)c2C)n1. The first-order valence-corrected chi connectivity index (χ1v) is 7.00. The number of aryl methyl sites for hydroxylation is 2. The Morgan fingerprint density at radius 2 is 2.00 bits per heavy atom. The van der Waals surface area contributed by atoms with Crippen molar-refractivity contribution >= 4 is 5.82 Å². The van der Waals surface area contributed by atoms with Crippen LogP contribution in [0.15, 0.2) is 6.07 Å². The molecule has 2 heterocycles. The third-order valence-electron chi connectivity index (χ3n) is 3.39. The molecule has 0 saturated carbocycles. The van der Waals surface area contributed by atoms with Crippen molar-refractivity contribution in [3.05, 3.63) is 28.8 Å². The van der Waals surface area contributed by atoms with E-state index in [0.717, 1.165) is 42.3 Å². The molecule has 6 nitrogen and oxygen atoms in total. The Hall–Kier alpha value is -1.95. The minimum Gasteiger partial charge on any atom is -0.308 e. The summed E-state index contributed by atoms with van der Waals surface area (Å²) in [5.74, 6) is 7.65. The Kier molecular flexibility index (Phi) is 4.34. The van der Waals surface area contributed by atoms with E-state index in [1.54, 1.807) is 0 Å². The maximum Gasteiger partial charge on any atom is 0.159 e. The minimum atomic E-state index is 0.615. The molecule has 0 aromatic carbocycles. The lowest BCUT2D eigenvalue weighted by Crippen LogP contribution is -2.13. The fraction of sp³-hybridized carbons (Fsp3) is 0.500. The zero-order valence-corrected chi connectivity index (χ0v) is 12.6. The molecule has 0 aliphatic carbocycles. The van der Waals surface area contributed by atoms with Gasteiger partial charge in [0, 0.05) is 18.2 Å². The van der Waals surface area contributed by atoms with Crippen molar-refractivity contribution in [1.82, 2.24) is 19.7 Å². The third kappa shape index (κ3) is 2.65. The highest BCUT2D eigenvalue weighted by Crippen LogP contribution is 2.19. The van der Waals surface area contributed by atoms with E-state index >= 15 is 0 Å². The molecule has 0 aliphatic heterocycles. The number of anilines is 1. The lowest BCUT2D eigenvalue weighted by Gasteiger charge is -2.09. The predicted octanol–water partition coefficient (Wildman–Crippen LogP) is 2.08. The molecular weight excluding hydrogens is 252 g/mol. The molecule has 2 aromatic rings. The molecule has 2 aromatic heterocycles. The lowest BCUT2D eigenvalue weighted by molar-refractivity contribution is 0.766. The van der Waals surface area contributed by atoms with Crippen molar-refractivity contribution in [2.24, 2.45) is 5.84 Å². The first-order valence-electron chi connectivity index (χ1n) is 7.00. The highest BCUT2D eigenvalue weighted by atomic mass is 15.3. The summed E-state index contributed by atoms with van der Waals surface area (Å²) in [5, 5.41) is 4.59. The standard InChI is InChI=1S/C14H22N6/c1-5-7-12-16-13(18-15)8-14(17-12)20-10(4)11(6-2)9(3)19-20/h8H,5-7,15H2,1-4H3,(H,16,17,18). The van der Waals surface area contributed by atoms with Gasteiger partial charge in [-0.25, -0.2) is 20.5 Å². The average molecular weight is 274 g/mol. The van der Waals surface area contributed by atoms with Crippen LogP contribution in [0.4, 0.5) is 5.82 Å². The van der Waals surface area contributed by atoms with Crippen molar-refractivity contribution in [3.63, 3.8) is 0 Å². The number of rotatable bonds is 5. The number of aromatic nitrogens is 4. The van der Waals surface area contributed by atoms with Crippen LogP contribution in [-0.4, -0.2) is 19.7 Å². The van der Waals surface area contributed by atoms with E-state index in [2.05, 4.69) is 41.3 Å². The average Bonchev–Trinajstić information content (AvgIpc) is 2.73. The maximum atomic E-state index is 5.49. The summed E-state index contributed by atoms with van der Waals surface area (Å²) in [5.41, 5.74) is 6.03. The monoisotopic (exact) mass is 274 g/mol. The van der Waals surface area contributed by atoms with Gasteiger partial charge >= 0.3 is 0 Å². The second-order valence-electron chi connectivity index (χ2n) is 4.84. The molecule has 0 amide bonds. The summed E-state index contributed by atoms with van der Waals surface area (Å²) in [7, 11) is 0. The molecule has 6 heteroatoms. The number of nitrogens with one attached hydrogen (secondary N) is 1. The van der Waals surface area contributed by atoms with E-state index in [4.69, 9.17) is 5.84 Å². The van der Waals surface area contributed by atoms with Crippen LogP contribution in [-0.2, 0) is 12.8 Å². The molecule has 0 radical (unpaired) electrons. The second-order valence-corrected chi connectivity index (χ2v) is 4.84. The van der Waals surface area contributed by atoms with Crippen LogP contribution in [0.2, 0.25) is 0 Å². The second kappa shape index (κ2) is 6.00. The van der Waals surface area contributed by atoms with Crippen LogP contribution < -0.4 is 11.3 Å². The zero-order valence-electron chi connectivity index (χ0n) is 12.6. The third-order valence-corrected chi connectivity index (χ3v) is 3.39. The fourth-order valence-electron chi connectivity index (χ4n) is 2.41. The number of nitrogen functional groups attached to an aromatic ring is 1. The van der Waals surface area contributed by atoms with Gasteiger partial charge in [0.25, 0.3) is 0 Å². The fourth-order valence-corrected chi connectivity index (χ4v) is 2.41. The molecule has 20 heavy (non-hydrogen) atoms. The number of hydrogen-bond donors (Lipinski definition) is 2.